The van der Waals surface area contributed by atoms with E-state index in [0.717, 1.165) is 11.3 Å². The number of rotatable bonds is 3. The van der Waals surface area contributed by atoms with E-state index in [1.165, 1.54) is 0 Å². The third kappa shape index (κ3) is 4.18. The van der Waals surface area contributed by atoms with Crippen molar-refractivity contribution >= 4 is 34.8 Å². The number of hydrogen-bond donors (Lipinski definition) is 1. The minimum atomic E-state index is -0.281. The molecule has 0 saturated carbocycles. The van der Waals surface area contributed by atoms with Crippen LogP contribution in [0.25, 0.3) is 0 Å². The first kappa shape index (κ1) is 17.6. The Morgan fingerprint density at radius 3 is 2.35 bits per heavy atom. The summed E-state index contributed by atoms with van der Waals surface area (Å²) < 4.78 is 5.40. The Morgan fingerprint density at radius 1 is 1.09 bits per heavy atom. The molecule has 0 bridgehead atoms. The van der Waals surface area contributed by atoms with E-state index in [1.807, 2.05) is 12.1 Å². The Hall–Kier alpha value is -1.71. The Bertz CT molecular complexity index is 736. The molecule has 3 nitrogen and oxygen atoms in total. The molecular weight excluding hydrogens is 333 g/mol. The van der Waals surface area contributed by atoms with Crippen LogP contribution in [-0.4, -0.2) is 13.0 Å². The van der Waals surface area contributed by atoms with Gasteiger partial charge in [-0.3, -0.25) is 4.79 Å². The van der Waals surface area contributed by atoms with Gasteiger partial charge in [0.05, 0.1) is 17.7 Å². The van der Waals surface area contributed by atoms with Crippen molar-refractivity contribution in [2.75, 3.05) is 12.4 Å². The standard InChI is InChI=1S/C18H19Cl2NO2/c1-18(2,3)14-10-12(6-8-16(14)23-4)21-17(22)13-7-5-11(19)9-15(13)20/h5-10H,1-4H3,(H,21,22). The molecule has 23 heavy (non-hydrogen) atoms. The number of methoxy groups -OCH3 is 1. The Kier molecular flexibility index (Phi) is 5.23. The summed E-state index contributed by atoms with van der Waals surface area (Å²) in [7, 11) is 1.64. The molecule has 122 valence electrons. The molecule has 0 aliphatic carbocycles. The van der Waals surface area contributed by atoms with Crippen molar-refractivity contribution < 1.29 is 9.53 Å². The van der Waals surface area contributed by atoms with E-state index >= 15 is 0 Å². The highest BCUT2D eigenvalue weighted by Gasteiger charge is 2.20. The highest BCUT2D eigenvalue weighted by molar-refractivity contribution is 6.37. The van der Waals surface area contributed by atoms with Crippen LogP contribution in [0.15, 0.2) is 36.4 Å². The normalized spacial score (nSPS) is 11.2. The predicted molar refractivity (Wildman–Crippen MR) is 96.1 cm³/mol. The first-order chi connectivity index (χ1) is 10.7. The second kappa shape index (κ2) is 6.81. The molecule has 1 amide bonds. The van der Waals surface area contributed by atoms with Gasteiger partial charge in [-0.05, 0) is 41.8 Å². The number of hydrogen-bond acceptors (Lipinski definition) is 2. The van der Waals surface area contributed by atoms with Gasteiger partial charge in [0.25, 0.3) is 5.91 Å². The molecule has 0 radical (unpaired) electrons. The van der Waals surface area contributed by atoms with Gasteiger partial charge in [0.2, 0.25) is 0 Å². The van der Waals surface area contributed by atoms with Crippen LogP contribution < -0.4 is 10.1 Å². The lowest BCUT2D eigenvalue weighted by Gasteiger charge is -2.23. The molecule has 0 aliphatic rings. The van der Waals surface area contributed by atoms with Crippen molar-refractivity contribution in [1.82, 2.24) is 0 Å². The van der Waals surface area contributed by atoms with Crippen LogP contribution in [0.3, 0.4) is 0 Å². The van der Waals surface area contributed by atoms with E-state index in [2.05, 4.69) is 26.1 Å². The maximum Gasteiger partial charge on any atom is 0.257 e. The first-order valence-electron chi connectivity index (χ1n) is 7.17. The molecule has 0 fully saturated rings. The SMILES string of the molecule is COc1ccc(NC(=O)c2ccc(Cl)cc2Cl)cc1C(C)(C)C. The van der Waals surface area contributed by atoms with Gasteiger partial charge in [-0.1, -0.05) is 44.0 Å². The summed E-state index contributed by atoms with van der Waals surface area (Å²) in [5.41, 5.74) is 1.97. The summed E-state index contributed by atoms with van der Waals surface area (Å²) in [6.07, 6.45) is 0. The molecule has 1 N–H and O–H groups in total. The molecule has 2 rings (SSSR count). The summed E-state index contributed by atoms with van der Waals surface area (Å²) in [5, 5.41) is 3.67. The number of halogens is 2. The molecular formula is C18H19Cl2NO2. The molecule has 0 atom stereocenters. The second-order valence-corrected chi connectivity index (χ2v) is 7.09. The Labute approximate surface area is 146 Å². The van der Waals surface area contributed by atoms with Crippen LogP contribution in [0, 0.1) is 0 Å². The van der Waals surface area contributed by atoms with Crippen LogP contribution in [0.1, 0.15) is 36.7 Å². The van der Waals surface area contributed by atoms with Gasteiger partial charge in [-0.15, -0.1) is 0 Å². The zero-order valence-corrected chi connectivity index (χ0v) is 15.0. The third-order valence-corrected chi connectivity index (χ3v) is 3.99. The van der Waals surface area contributed by atoms with Gasteiger partial charge in [-0.25, -0.2) is 0 Å². The van der Waals surface area contributed by atoms with Crippen LogP contribution in [0.4, 0.5) is 5.69 Å². The van der Waals surface area contributed by atoms with Gasteiger partial charge in [-0.2, -0.15) is 0 Å². The highest BCUT2D eigenvalue weighted by Crippen LogP contribution is 2.33. The lowest BCUT2D eigenvalue weighted by molar-refractivity contribution is 0.102. The van der Waals surface area contributed by atoms with Gasteiger partial charge in [0.1, 0.15) is 5.75 Å². The van der Waals surface area contributed by atoms with E-state index in [0.29, 0.717) is 21.3 Å². The fourth-order valence-corrected chi connectivity index (χ4v) is 2.74. The Morgan fingerprint density at radius 2 is 1.78 bits per heavy atom. The van der Waals surface area contributed by atoms with Crippen molar-refractivity contribution in [3.8, 4) is 5.75 Å². The van der Waals surface area contributed by atoms with Crippen molar-refractivity contribution in [2.45, 2.75) is 26.2 Å². The molecule has 0 spiro atoms. The number of amides is 1. The molecule has 0 aliphatic heterocycles. The van der Waals surface area contributed by atoms with Crippen LogP contribution >= 0.6 is 23.2 Å². The average Bonchev–Trinajstić information content (AvgIpc) is 2.46. The van der Waals surface area contributed by atoms with Gasteiger partial charge < -0.3 is 10.1 Å². The molecule has 2 aromatic carbocycles. The molecule has 2 aromatic rings. The Balaban J connectivity index is 2.31. The molecule has 5 heteroatoms. The molecule has 0 unspecified atom stereocenters. The lowest BCUT2D eigenvalue weighted by Crippen LogP contribution is -2.16. The maximum atomic E-state index is 12.4. The van der Waals surface area contributed by atoms with Gasteiger partial charge in [0.15, 0.2) is 0 Å². The smallest absolute Gasteiger partial charge is 0.257 e. The van der Waals surface area contributed by atoms with Crippen molar-refractivity contribution in [3.05, 3.63) is 57.6 Å². The summed E-state index contributed by atoms with van der Waals surface area (Å²) in [6, 6.07) is 10.4. The lowest BCUT2D eigenvalue weighted by atomic mass is 9.86. The van der Waals surface area contributed by atoms with Crippen LogP contribution in [0.2, 0.25) is 10.0 Å². The number of nitrogens with one attached hydrogen (secondary N) is 1. The topological polar surface area (TPSA) is 38.3 Å². The first-order valence-corrected chi connectivity index (χ1v) is 7.93. The molecule has 0 saturated heterocycles. The molecule has 0 aromatic heterocycles. The fraction of sp³-hybridized carbons (Fsp3) is 0.278. The van der Waals surface area contributed by atoms with Gasteiger partial charge >= 0.3 is 0 Å². The van der Waals surface area contributed by atoms with E-state index < -0.39 is 0 Å². The zero-order chi connectivity index (χ0) is 17.2. The summed E-state index contributed by atoms with van der Waals surface area (Å²) in [4.78, 5) is 12.4. The van der Waals surface area contributed by atoms with Crippen LogP contribution in [-0.2, 0) is 5.41 Å². The maximum absolute atomic E-state index is 12.4. The van der Waals surface area contributed by atoms with E-state index in [9.17, 15) is 4.79 Å². The number of carbonyl (C=O) groups excluding carboxylic acids is 1. The second-order valence-electron chi connectivity index (χ2n) is 6.24. The summed E-state index contributed by atoms with van der Waals surface area (Å²) in [5.74, 6) is 0.511. The average molecular weight is 352 g/mol. The number of carbonyl (C=O) groups is 1. The van der Waals surface area contributed by atoms with Crippen molar-refractivity contribution in [2.24, 2.45) is 0 Å². The number of anilines is 1. The number of benzene rings is 2. The van der Waals surface area contributed by atoms with Crippen molar-refractivity contribution in [3.63, 3.8) is 0 Å². The minimum absolute atomic E-state index is 0.107. The molecule has 0 heterocycles. The zero-order valence-electron chi connectivity index (χ0n) is 13.5. The highest BCUT2D eigenvalue weighted by atomic mass is 35.5. The van der Waals surface area contributed by atoms with E-state index in [1.54, 1.807) is 31.4 Å². The monoisotopic (exact) mass is 351 g/mol. The van der Waals surface area contributed by atoms with E-state index in [4.69, 9.17) is 27.9 Å². The van der Waals surface area contributed by atoms with Gasteiger partial charge in [0, 0.05) is 16.3 Å². The van der Waals surface area contributed by atoms with Crippen LogP contribution in [0.5, 0.6) is 5.75 Å². The summed E-state index contributed by atoms with van der Waals surface area (Å²) in [6.45, 7) is 6.27. The quantitative estimate of drug-likeness (QED) is 0.786. The largest absolute Gasteiger partial charge is 0.496 e. The third-order valence-electron chi connectivity index (χ3n) is 3.44. The fourth-order valence-electron chi connectivity index (χ4n) is 2.24. The number of ether oxygens (including phenoxy) is 1. The van der Waals surface area contributed by atoms with Crippen molar-refractivity contribution in [1.29, 1.82) is 0 Å². The van der Waals surface area contributed by atoms with E-state index in [-0.39, 0.29) is 11.3 Å². The summed E-state index contributed by atoms with van der Waals surface area (Å²) >= 11 is 11.9. The minimum Gasteiger partial charge on any atom is -0.496 e. The predicted octanol–water partition coefficient (Wildman–Crippen LogP) is 5.55.